The molecule has 0 spiro atoms. The molecule has 1 aliphatic carbocycles. The van der Waals surface area contributed by atoms with Crippen LogP contribution in [0.2, 0.25) is 0 Å². The molecule has 6 atom stereocenters. The Morgan fingerprint density at radius 2 is 2.21 bits per heavy atom. The van der Waals surface area contributed by atoms with Gasteiger partial charge in [-0.05, 0) is 17.4 Å². The highest BCUT2D eigenvalue weighted by Crippen LogP contribution is 2.52. The van der Waals surface area contributed by atoms with Gasteiger partial charge < -0.3 is 9.84 Å². The first-order chi connectivity index (χ1) is 8.85. The first kappa shape index (κ1) is 14.0. The van der Waals surface area contributed by atoms with Gasteiger partial charge in [0.1, 0.15) is 12.4 Å². The quantitative estimate of drug-likeness (QED) is 0.363. The van der Waals surface area contributed by atoms with E-state index in [-0.39, 0.29) is 23.7 Å². The normalized spacial score (nSPS) is 45.2. The van der Waals surface area contributed by atoms with E-state index in [0.717, 1.165) is 0 Å². The standard InChI is InChI=1S/C15H20O4/c1-5-15(4)6-10(17)11-9(3)14(18)19-13(11)12(15)8(2)7-16/h5,7,9-13,17H,1-2,6H2,3-4H3/t9-,10-,11+,12+,13-,15+/m0/s1. The molecule has 0 amide bonds. The number of ether oxygens (including phenoxy) is 1. The lowest BCUT2D eigenvalue weighted by Gasteiger charge is -2.47. The summed E-state index contributed by atoms with van der Waals surface area (Å²) in [7, 11) is 0. The van der Waals surface area contributed by atoms with Crippen LogP contribution in [0, 0.1) is 23.2 Å². The van der Waals surface area contributed by atoms with Crippen LogP contribution in [0.5, 0.6) is 0 Å². The topological polar surface area (TPSA) is 63.6 Å². The van der Waals surface area contributed by atoms with Crippen LogP contribution < -0.4 is 0 Å². The zero-order valence-corrected chi connectivity index (χ0v) is 11.3. The number of allylic oxidation sites excluding steroid dienone is 1. The first-order valence-corrected chi connectivity index (χ1v) is 6.52. The minimum absolute atomic E-state index is 0.276. The van der Waals surface area contributed by atoms with Crippen LogP contribution in [-0.2, 0) is 14.3 Å². The van der Waals surface area contributed by atoms with Gasteiger partial charge in [-0.1, -0.05) is 26.5 Å². The van der Waals surface area contributed by atoms with E-state index in [4.69, 9.17) is 4.74 Å². The number of hydrogen-bond acceptors (Lipinski definition) is 4. The van der Waals surface area contributed by atoms with Gasteiger partial charge in [0.15, 0.2) is 0 Å². The lowest BCUT2D eigenvalue weighted by Crippen LogP contribution is -2.51. The van der Waals surface area contributed by atoms with Crippen molar-refractivity contribution in [3.8, 4) is 0 Å². The highest BCUT2D eigenvalue weighted by atomic mass is 16.6. The maximum atomic E-state index is 11.8. The molecule has 1 heterocycles. The molecular formula is C15H20O4. The summed E-state index contributed by atoms with van der Waals surface area (Å²) in [5, 5.41) is 10.3. The second kappa shape index (κ2) is 4.60. The van der Waals surface area contributed by atoms with Crippen LogP contribution in [0.4, 0.5) is 0 Å². The van der Waals surface area contributed by atoms with E-state index in [1.165, 1.54) is 0 Å². The molecule has 19 heavy (non-hydrogen) atoms. The third-order valence-corrected chi connectivity index (χ3v) is 4.73. The van der Waals surface area contributed by atoms with Crippen molar-refractivity contribution in [2.24, 2.45) is 23.2 Å². The fourth-order valence-corrected chi connectivity index (χ4v) is 3.61. The van der Waals surface area contributed by atoms with Gasteiger partial charge in [0, 0.05) is 11.8 Å². The molecule has 0 unspecified atom stereocenters. The van der Waals surface area contributed by atoms with Crippen molar-refractivity contribution in [1.82, 2.24) is 0 Å². The van der Waals surface area contributed by atoms with E-state index in [1.807, 2.05) is 6.92 Å². The molecule has 1 saturated heterocycles. The number of hydrogen-bond donors (Lipinski definition) is 1. The summed E-state index contributed by atoms with van der Waals surface area (Å²) in [5.41, 5.74) is -0.102. The number of esters is 1. The highest BCUT2D eigenvalue weighted by molar-refractivity contribution is 5.77. The van der Waals surface area contributed by atoms with Gasteiger partial charge in [-0.3, -0.25) is 9.59 Å². The Morgan fingerprint density at radius 3 is 2.74 bits per heavy atom. The van der Waals surface area contributed by atoms with Crippen molar-refractivity contribution in [3.63, 3.8) is 0 Å². The average molecular weight is 264 g/mol. The van der Waals surface area contributed by atoms with Crippen molar-refractivity contribution < 1.29 is 19.4 Å². The van der Waals surface area contributed by atoms with Gasteiger partial charge in [-0.15, -0.1) is 6.58 Å². The molecule has 4 nitrogen and oxygen atoms in total. The SMILES string of the molecule is C=C[C@]1(C)C[C@H](O)[C@@H]2[C@H](OC(=O)[C@H]2C)[C@H]1C(=C)C=O. The average Bonchev–Trinajstić information content (AvgIpc) is 2.65. The minimum Gasteiger partial charge on any atom is -0.461 e. The molecule has 104 valence electrons. The molecule has 0 aromatic carbocycles. The predicted molar refractivity (Wildman–Crippen MR) is 70.2 cm³/mol. The van der Waals surface area contributed by atoms with Crippen molar-refractivity contribution in [2.75, 3.05) is 0 Å². The van der Waals surface area contributed by atoms with Gasteiger partial charge in [-0.25, -0.2) is 0 Å². The lowest BCUT2D eigenvalue weighted by molar-refractivity contribution is -0.148. The van der Waals surface area contributed by atoms with Gasteiger partial charge >= 0.3 is 5.97 Å². The largest absolute Gasteiger partial charge is 0.461 e. The Kier molecular flexibility index (Phi) is 3.39. The fourth-order valence-electron chi connectivity index (χ4n) is 3.61. The number of carbonyl (C=O) groups is 2. The van der Waals surface area contributed by atoms with Crippen molar-refractivity contribution in [1.29, 1.82) is 0 Å². The molecule has 2 rings (SSSR count). The predicted octanol–water partition coefficient (Wildman–Crippen LogP) is 1.49. The Hall–Kier alpha value is -1.42. The number of aliphatic hydroxyl groups is 1. The minimum atomic E-state index is -0.634. The maximum Gasteiger partial charge on any atom is 0.309 e. The van der Waals surface area contributed by atoms with E-state index in [2.05, 4.69) is 13.2 Å². The second-order valence-electron chi connectivity index (χ2n) is 5.92. The molecule has 2 fully saturated rings. The fraction of sp³-hybridized carbons (Fsp3) is 0.600. The van der Waals surface area contributed by atoms with Crippen LogP contribution in [0.1, 0.15) is 20.3 Å². The van der Waals surface area contributed by atoms with E-state index >= 15 is 0 Å². The number of carbonyl (C=O) groups excluding carboxylic acids is 2. The number of aldehydes is 1. The third-order valence-electron chi connectivity index (χ3n) is 4.73. The van der Waals surface area contributed by atoms with E-state index in [1.54, 1.807) is 13.0 Å². The summed E-state index contributed by atoms with van der Waals surface area (Å²) in [5.74, 6) is -1.26. The summed E-state index contributed by atoms with van der Waals surface area (Å²) >= 11 is 0. The Bertz CT molecular complexity index is 441. The molecule has 0 radical (unpaired) electrons. The smallest absolute Gasteiger partial charge is 0.309 e. The van der Waals surface area contributed by atoms with Crippen molar-refractivity contribution in [3.05, 3.63) is 24.8 Å². The van der Waals surface area contributed by atoms with Crippen LogP contribution >= 0.6 is 0 Å². The van der Waals surface area contributed by atoms with Crippen molar-refractivity contribution >= 4 is 12.3 Å². The molecule has 1 N–H and O–H groups in total. The molecule has 4 heteroatoms. The lowest BCUT2D eigenvalue weighted by atomic mass is 9.58. The Labute approximate surface area is 113 Å². The number of aliphatic hydroxyl groups excluding tert-OH is 1. The molecule has 1 saturated carbocycles. The zero-order chi connectivity index (χ0) is 14.4. The van der Waals surface area contributed by atoms with E-state index in [0.29, 0.717) is 18.3 Å². The van der Waals surface area contributed by atoms with Crippen molar-refractivity contribution in [2.45, 2.75) is 32.5 Å². The van der Waals surface area contributed by atoms with Crippen LogP contribution in [0.3, 0.4) is 0 Å². The summed E-state index contributed by atoms with van der Waals surface area (Å²) in [6, 6.07) is 0. The molecular weight excluding hydrogens is 244 g/mol. The summed E-state index contributed by atoms with van der Waals surface area (Å²) < 4.78 is 5.41. The summed E-state index contributed by atoms with van der Waals surface area (Å²) in [6.45, 7) is 11.3. The first-order valence-electron chi connectivity index (χ1n) is 6.52. The van der Waals surface area contributed by atoms with Gasteiger partial charge in [0.2, 0.25) is 0 Å². The Morgan fingerprint density at radius 1 is 1.58 bits per heavy atom. The monoisotopic (exact) mass is 264 g/mol. The molecule has 0 aromatic heterocycles. The van der Waals surface area contributed by atoms with Crippen LogP contribution in [-0.4, -0.2) is 29.6 Å². The zero-order valence-electron chi connectivity index (χ0n) is 11.3. The van der Waals surface area contributed by atoms with Gasteiger partial charge in [0.05, 0.1) is 12.0 Å². The molecule has 2 aliphatic rings. The highest BCUT2D eigenvalue weighted by Gasteiger charge is 2.58. The van der Waals surface area contributed by atoms with Gasteiger partial charge in [0.25, 0.3) is 0 Å². The molecule has 0 bridgehead atoms. The molecule has 1 aliphatic heterocycles. The second-order valence-corrected chi connectivity index (χ2v) is 5.92. The summed E-state index contributed by atoms with van der Waals surface area (Å²) in [6.07, 6.45) is 1.76. The molecule has 0 aromatic rings. The Balaban J connectivity index is 2.46. The third kappa shape index (κ3) is 1.94. The maximum absolute atomic E-state index is 11.8. The van der Waals surface area contributed by atoms with Gasteiger partial charge in [-0.2, -0.15) is 0 Å². The van der Waals surface area contributed by atoms with E-state index < -0.39 is 17.6 Å². The van der Waals surface area contributed by atoms with Crippen LogP contribution in [0.25, 0.3) is 0 Å². The number of fused-ring (bicyclic) bond motifs is 1. The van der Waals surface area contributed by atoms with E-state index in [9.17, 15) is 14.7 Å². The number of rotatable bonds is 3. The van der Waals surface area contributed by atoms with Crippen LogP contribution in [0.15, 0.2) is 24.8 Å². The summed E-state index contributed by atoms with van der Waals surface area (Å²) in [4.78, 5) is 22.9.